The molecule has 0 aromatic heterocycles. The van der Waals surface area contributed by atoms with Crippen LogP contribution in [0.5, 0.6) is 0 Å². The Hall–Kier alpha value is 0.554. The first-order valence-electron chi connectivity index (χ1n) is 3.03. The molecule has 0 atom stereocenters. The van der Waals surface area contributed by atoms with Gasteiger partial charge >= 0.3 is 0 Å². The minimum atomic E-state index is 0. The molecule has 0 fully saturated rings. The van der Waals surface area contributed by atoms with E-state index >= 15 is 0 Å². The van der Waals surface area contributed by atoms with E-state index < -0.39 is 0 Å². The average molecular weight is 200 g/mol. The van der Waals surface area contributed by atoms with Crippen LogP contribution in [0.15, 0.2) is 0 Å². The maximum Gasteiger partial charge on any atom is 0.0693 e. The van der Waals surface area contributed by atoms with Crippen LogP contribution in [0.1, 0.15) is 0 Å². The third-order valence-corrected chi connectivity index (χ3v) is 0.591. The van der Waals surface area contributed by atoms with E-state index in [2.05, 4.69) is 9.47 Å². The molecule has 0 saturated heterocycles. The molecule has 0 rings (SSSR count). The number of rotatable bonds is 4. The van der Waals surface area contributed by atoms with Crippen LogP contribution in [0.4, 0.5) is 0 Å². The molecular weight excluding hydrogens is 184 g/mol. The molecule has 0 aromatic carbocycles. The molecule has 0 spiro atoms. The molecule has 0 aliphatic carbocycles. The second-order valence-electron chi connectivity index (χ2n) is 1.43. The first-order valence-corrected chi connectivity index (χ1v) is 3.03. The molecule has 11 heavy (non-hydrogen) atoms. The van der Waals surface area contributed by atoms with Crippen LogP contribution < -0.4 is 0 Å². The van der Waals surface area contributed by atoms with Crippen molar-refractivity contribution in [1.82, 2.24) is 0 Å². The third kappa shape index (κ3) is 37.2. The van der Waals surface area contributed by atoms with Gasteiger partial charge in [0.2, 0.25) is 0 Å². The molecular formula is C6H16O4Ti. The van der Waals surface area contributed by atoms with E-state index in [4.69, 9.17) is 10.2 Å². The number of aliphatic hydroxyl groups excluding tert-OH is 2. The Labute approximate surface area is 82.4 Å². The van der Waals surface area contributed by atoms with Crippen LogP contribution in [0.25, 0.3) is 0 Å². The van der Waals surface area contributed by atoms with Crippen molar-refractivity contribution >= 4 is 0 Å². The minimum absolute atomic E-state index is 0. The summed E-state index contributed by atoms with van der Waals surface area (Å²) >= 11 is 0. The van der Waals surface area contributed by atoms with Gasteiger partial charge in [0.15, 0.2) is 0 Å². The van der Waals surface area contributed by atoms with Crippen LogP contribution in [0, 0.1) is 0 Å². The summed E-state index contributed by atoms with van der Waals surface area (Å²) in [5.74, 6) is 0. The van der Waals surface area contributed by atoms with Gasteiger partial charge < -0.3 is 19.7 Å². The molecule has 0 bridgehead atoms. The SMILES string of the molecule is COCCO.COCCO.[Ti]. The minimum Gasteiger partial charge on any atom is -0.394 e. The van der Waals surface area contributed by atoms with Gasteiger partial charge in [-0.2, -0.15) is 0 Å². The fraction of sp³-hybridized carbons (Fsp3) is 1.00. The third-order valence-electron chi connectivity index (χ3n) is 0.591. The Morgan fingerprint density at radius 1 is 0.909 bits per heavy atom. The van der Waals surface area contributed by atoms with Crippen LogP contribution >= 0.6 is 0 Å². The molecule has 0 radical (unpaired) electrons. The Bertz CT molecular complexity index is 35.6. The quantitative estimate of drug-likeness (QED) is 0.586. The normalized spacial score (nSPS) is 7.64. The number of hydrogen-bond acceptors (Lipinski definition) is 4. The molecule has 68 valence electrons. The Balaban J connectivity index is -0.000000107. The molecule has 0 unspecified atom stereocenters. The van der Waals surface area contributed by atoms with Crippen molar-refractivity contribution < 1.29 is 41.4 Å². The summed E-state index contributed by atoms with van der Waals surface area (Å²) in [4.78, 5) is 0. The molecule has 4 nitrogen and oxygen atoms in total. The summed E-state index contributed by atoms with van der Waals surface area (Å²) in [7, 11) is 3.10. The zero-order valence-corrected chi connectivity index (χ0v) is 8.60. The monoisotopic (exact) mass is 200 g/mol. The fourth-order valence-electron chi connectivity index (χ4n) is 0.183. The number of methoxy groups -OCH3 is 2. The van der Waals surface area contributed by atoms with Gasteiger partial charge in [-0.1, -0.05) is 0 Å². The molecule has 0 heterocycles. The summed E-state index contributed by atoms with van der Waals surface area (Å²) in [5.41, 5.74) is 0. The maximum absolute atomic E-state index is 7.94. The first-order chi connectivity index (χ1) is 4.83. The van der Waals surface area contributed by atoms with Gasteiger partial charge in [0, 0.05) is 35.9 Å². The van der Waals surface area contributed by atoms with Gasteiger partial charge in [-0.25, -0.2) is 0 Å². The van der Waals surface area contributed by atoms with E-state index in [9.17, 15) is 0 Å². The number of ether oxygens (including phenoxy) is 2. The smallest absolute Gasteiger partial charge is 0.0693 e. The predicted octanol–water partition coefficient (Wildman–Crippen LogP) is -0.752. The molecule has 0 aliphatic rings. The van der Waals surface area contributed by atoms with Crippen LogP contribution in [-0.2, 0) is 31.2 Å². The zero-order valence-electron chi connectivity index (χ0n) is 7.04. The van der Waals surface area contributed by atoms with Crippen molar-refractivity contribution in [3.63, 3.8) is 0 Å². The van der Waals surface area contributed by atoms with Crippen LogP contribution in [-0.4, -0.2) is 50.9 Å². The topological polar surface area (TPSA) is 58.9 Å². The molecule has 0 saturated carbocycles. The standard InChI is InChI=1S/2C3H8O2.Ti/c2*1-5-3-2-4;/h2*4H,2-3H2,1H3;. The van der Waals surface area contributed by atoms with Crippen molar-refractivity contribution in [2.45, 2.75) is 0 Å². The zero-order chi connectivity index (χ0) is 8.24. The van der Waals surface area contributed by atoms with Crippen molar-refractivity contribution in [2.75, 3.05) is 40.6 Å². The van der Waals surface area contributed by atoms with E-state index in [1.165, 1.54) is 0 Å². The number of hydrogen-bond donors (Lipinski definition) is 2. The maximum atomic E-state index is 7.94. The van der Waals surface area contributed by atoms with Crippen LogP contribution in [0.3, 0.4) is 0 Å². The summed E-state index contributed by atoms with van der Waals surface area (Å²) < 4.78 is 8.88. The molecule has 0 amide bonds. The van der Waals surface area contributed by atoms with E-state index in [1.807, 2.05) is 0 Å². The molecule has 0 aromatic rings. The van der Waals surface area contributed by atoms with Crippen molar-refractivity contribution in [1.29, 1.82) is 0 Å². The van der Waals surface area contributed by atoms with E-state index in [0.29, 0.717) is 13.2 Å². The second-order valence-corrected chi connectivity index (χ2v) is 1.43. The van der Waals surface area contributed by atoms with Crippen LogP contribution in [0.2, 0.25) is 0 Å². The van der Waals surface area contributed by atoms with Gasteiger partial charge in [-0.3, -0.25) is 0 Å². The Morgan fingerprint density at radius 3 is 1.18 bits per heavy atom. The molecule has 5 heteroatoms. The van der Waals surface area contributed by atoms with Gasteiger partial charge in [-0.05, 0) is 0 Å². The van der Waals surface area contributed by atoms with Gasteiger partial charge in [0.05, 0.1) is 26.4 Å². The second kappa shape index (κ2) is 22.4. The van der Waals surface area contributed by atoms with E-state index in [1.54, 1.807) is 14.2 Å². The van der Waals surface area contributed by atoms with E-state index in [0.717, 1.165) is 0 Å². The fourth-order valence-corrected chi connectivity index (χ4v) is 0.183. The average Bonchev–Trinajstić information content (AvgIpc) is 1.93. The van der Waals surface area contributed by atoms with Gasteiger partial charge in [0.1, 0.15) is 0 Å². The van der Waals surface area contributed by atoms with Crippen molar-refractivity contribution in [2.24, 2.45) is 0 Å². The van der Waals surface area contributed by atoms with Gasteiger partial charge in [0.25, 0.3) is 0 Å². The Morgan fingerprint density at radius 2 is 1.18 bits per heavy atom. The largest absolute Gasteiger partial charge is 0.394 e. The number of aliphatic hydroxyl groups is 2. The Kier molecular flexibility index (Phi) is 35.9. The summed E-state index contributed by atoms with van der Waals surface area (Å²) in [6.45, 7) is 1.13. The summed E-state index contributed by atoms with van der Waals surface area (Å²) in [6.07, 6.45) is 0. The summed E-state index contributed by atoms with van der Waals surface area (Å²) in [6, 6.07) is 0. The molecule has 2 N–H and O–H groups in total. The van der Waals surface area contributed by atoms with Crippen molar-refractivity contribution in [3.8, 4) is 0 Å². The first kappa shape index (κ1) is 17.6. The van der Waals surface area contributed by atoms with Crippen molar-refractivity contribution in [3.05, 3.63) is 0 Å². The predicted molar refractivity (Wildman–Crippen MR) is 37.9 cm³/mol. The molecule has 0 aliphatic heterocycles. The van der Waals surface area contributed by atoms with Gasteiger partial charge in [-0.15, -0.1) is 0 Å². The summed E-state index contributed by atoms with van der Waals surface area (Å²) in [5, 5.41) is 15.9. The van der Waals surface area contributed by atoms with E-state index in [-0.39, 0.29) is 34.9 Å².